The molecule has 5 nitrogen and oxygen atoms in total. The molecule has 1 amide bonds. The number of carbonyl (C=O) groups excluding carboxylic acids is 1. The van der Waals surface area contributed by atoms with Crippen LogP contribution in [0, 0.1) is 0 Å². The van der Waals surface area contributed by atoms with Gasteiger partial charge in [-0.1, -0.05) is 0 Å². The van der Waals surface area contributed by atoms with Crippen LogP contribution in [0.4, 0.5) is 0 Å². The van der Waals surface area contributed by atoms with Crippen molar-refractivity contribution in [2.24, 2.45) is 0 Å². The maximum absolute atomic E-state index is 12.5. The fraction of sp³-hybridized carbons (Fsp3) is 0.857. The van der Waals surface area contributed by atoms with E-state index in [1.165, 1.54) is 0 Å². The number of hydrogen-bond acceptors (Lipinski definition) is 4. The number of aliphatic carboxylic acids is 1. The number of carboxylic acids is 1. The zero-order valence-corrected chi connectivity index (χ0v) is 12.8. The molecule has 1 N–H and O–H groups in total. The fourth-order valence-corrected chi connectivity index (χ4v) is 4.10. The lowest BCUT2D eigenvalue weighted by Crippen LogP contribution is -2.48. The molecule has 2 rings (SSSR count). The minimum Gasteiger partial charge on any atom is -0.481 e. The highest BCUT2D eigenvalue weighted by Gasteiger charge is 2.40. The van der Waals surface area contributed by atoms with Gasteiger partial charge in [-0.05, 0) is 38.4 Å². The van der Waals surface area contributed by atoms with E-state index in [4.69, 9.17) is 9.84 Å². The highest BCUT2D eigenvalue weighted by molar-refractivity contribution is 8.01. The highest BCUT2D eigenvalue weighted by atomic mass is 32.2. The van der Waals surface area contributed by atoms with Gasteiger partial charge in [-0.15, -0.1) is 11.8 Å². The Morgan fingerprint density at radius 2 is 2.10 bits per heavy atom. The largest absolute Gasteiger partial charge is 0.481 e. The van der Waals surface area contributed by atoms with Crippen molar-refractivity contribution < 1.29 is 19.4 Å². The second-order valence-corrected chi connectivity index (χ2v) is 7.29. The summed E-state index contributed by atoms with van der Waals surface area (Å²) in [5, 5.41) is 8.57. The van der Waals surface area contributed by atoms with Crippen LogP contribution in [0.2, 0.25) is 0 Å². The molecule has 0 bridgehead atoms. The van der Waals surface area contributed by atoms with Gasteiger partial charge in [0.05, 0.1) is 23.9 Å². The zero-order valence-electron chi connectivity index (χ0n) is 12.0. The number of amides is 1. The summed E-state index contributed by atoms with van der Waals surface area (Å²) in [5.41, 5.74) is 0. The minimum absolute atomic E-state index is 0.0495. The van der Waals surface area contributed by atoms with Crippen LogP contribution < -0.4 is 0 Å². The molecule has 6 heteroatoms. The van der Waals surface area contributed by atoms with Crippen LogP contribution in [0.15, 0.2) is 0 Å². The average Bonchev–Trinajstić information content (AvgIpc) is 2.86. The second kappa shape index (κ2) is 6.80. The van der Waals surface area contributed by atoms with E-state index in [2.05, 4.69) is 6.92 Å². The quantitative estimate of drug-likeness (QED) is 0.838. The highest BCUT2D eigenvalue weighted by Crippen LogP contribution is 2.39. The first-order chi connectivity index (χ1) is 9.51. The van der Waals surface area contributed by atoms with Crippen molar-refractivity contribution in [3.05, 3.63) is 0 Å². The van der Waals surface area contributed by atoms with Crippen molar-refractivity contribution in [3.8, 4) is 0 Å². The van der Waals surface area contributed by atoms with E-state index in [-0.39, 0.29) is 29.8 Å². The van der Waals surface area contributed by atoms with Gasteiger partial charge < -0.3 is 14.7 Å². The Hall–Kier alpha value is -0.750. The van der Waals surface area contributed by atoms with Crippen LogP contribution in [0.5, 0.6) is 0 Å². The van der Waals surface area contributed by atoms with E-state index in [1.807, 2.05) is 4.90 Å². The van der Waals surface area contributed by atoms with Crippen molar-refractivity contribution in [2.75, 3.05) is 25.4 Å². The molecule has 2 aliphatic heterocycles. The molecular weight excluding hydrogens is 278 g/mol. The summed E-state index contributed by atoms with van der Waals surface area (Å²) in [7, 11) is 0. The molecule has 0 saturated carbocycles. The molecule has 2 aliphatic rings. The summed E-state index contributed by atoms with van der Waals surface area (Å²) < 4.78 is 5.32. The summed E-state index contributed by atoms with van der Waals surface area (Å²) in [6.45, 7) is 3.78. The van der Waals surface area contributed by atoms with Crippen molar-refractivity contribution in [1.82, 2.24) is 4.90 Å². The number of carbonyl (C=O) groups is 2. The Balaban J connectivity index is 1.73. The van der Waals surface area contributed by atoms with E-state index in [9.17, 15) is 9.59 Å². The number of likely N-dealkylation sites (tertiary alicyclic amines) is 1. The molecule has 1 atom stereocenters. The fourth-order valence-electron chi connectivity index (χ4n) is 2.82. The molecular formula is C14H23NO4S. The van der Waals surface area contributed by atoms with E-state index in [1.54, 1.807) is 11.8 Å². The molecule has 0 spiro atoms. The Morgan fingerprint density at radius 3 is 2.65 bits per heavy atom. The number of piperidine rings is 1. The lowest BCUT2D eigenvalue weighted by Gasteiger charge is -2.36. The summed E-state index contributed by atoms with van der Waals surface area (Å²) in [5.74, 6) is 0.518. The molecule has 1 unspecified atom stereocenters. The normalized spacial score (nSPS) is 27.8. The van der Waals surface area contributed by atoms with Crippen molar-refractivity contribution in [1.29, 1.82) is 0 Å². The van der Waals surface area contributed by atoms with Crippen LogP contribution in [0.3, 0.4) is 0 Å². The van der Waals surface area contributed by atoms with Crippen molar-refractivity contribution in [2.45, 2.75) is 49.9 Å². The Morgan fingerprint density at radius 1 is 1.40 bits per heavy atom. The number of ether oxygens (including phenoxy) is 1. The Labute approximate surface area is 124 Å². The molecule has 2 saturated heterocycles. The maximum atomic E-state index is 12.5. The monoisotopic (exact) mass is 301 g/mol. The molecule has 20 heavy (non-hydrogen) atoms. The van der Waals surface area contributed by atoms with Crippen molar-refractivity contribution >= 4 is 23.6 Å². The number of thioether (sulfide) groups is 1. The molecule has 114 valence electrons. The minimum atomic E-state index is -0.830. The molecule has 0 radical (unpaired) electrons. The predicted molar refractivity (Wildman–Crippen MR) is 77.9 cm³/mol. The van der Waals surface area contributed by atoms with E-state index in [0.29, 0.717) is 0 Å². The molecule has 2 fully saturated rings. The smallest absolute Gasteiger partial charge is 0.305 e. The molecule has 0 aromatic carbocycles. The molecule has 0 aliphatic carbocycles. The van der Waals surface area contributed by atoms with Crippen LogP contribution in [-0.2, 0) is 14.3 Å². The average molecular weight is 301 g/mol. The molecule has 0 aromatic heterocycles. The lowest BCUT2D eigenvalue weighted by atomic mass is 10.0. The first-order valence-electron chi connectivity index (χ1n) is 7.28. The second-order valence-electron chi connectivity index (χ2n) is 5.69. The van der Waals surface area contributed by atoms with Gasteiger partial charge in [0.15, 0.2) is 0 Å². The van der Waals surface area contributed by atoms with E-state index < -0.39 is 5.97 Å². The summed E-state index contributed by atoms with van der Waals surface area (Å²) >= 11 is 1.78. The first-order valence-corrected chi connectivity index (χ1v) is 8.26. The Kier molecular flexibility index (Phi) is 5.32. The van der Waals surface area contributed by atoms with Gasteiger partial charge in [-0.3, -0.25) is 9.59 Å². The van der Waals surface area contributed by atoms with E-state index in [0.717, 1.165) is 44.5 Å². The van der Waals surface area contributed by atoms with Gasteiger partial charge >= 0.3 is 5.97 Å². The Bertz CT molecular complexity index is 360. The predicted octanol–water partition coefficient (Wildman–Crippen LogP) is 1.75. The van der Waals surface area contributed by atoms with Crippen LogP contribution >= 0.6 is 11.8 Å². The van der Waals surface area contributed by atoms with E-state index >= 15 is 0 Å². The zero-order chi connectivity index (χ0) is 14.6. The topological polar surface area (TPSA) is 66.8 Å². The van der Waals surface area contributed by atoms with Crippen LogP contribution in [0.1, 0.15) is 39.0 Å². The summed E-state index contributed by atoms with van der Waals surface area (Å²) in [6, 6.07) is 0. The summed E-state index contributed by atoms with van der Waals surface area (Å²) in [4.78, 5) is 24.9. The summed E-state index contributed by atoms with van der Waals surface area (Å²) in [6.07, 6.45) is 3.88. The maximum Gasteiger partial charge on any atom is 0.305 e. The SMILES string of the molecule is CC1(C(=O)N2CCC(OCCC(=O)O)CC2)CCCS1. The van der Waals surface area contributed by atoms with Crippen molar-refractivity contribution in [3.63, 3.8) is 0 Å². The van der Waals surface area contributed by atoms with Gasteiger partial charge in [-0.25, -0.2) is 0 Å². The van der Waals surface area contributed by atoms with Gasteiger partial charge in [0.1, 0.15) is 0 Å². The number of rotatable bonds is 5. The van der Waals surface area contributed by atoms with Gasteiger partial charge in [-0.2, -0.15) is 0 Å². The third-order valence-electron chi connectivity index (χ3n) is 4.07. The molecule has 0 aromatic rings. The van der Waals surface area contributed by atoms with Crippen LogP contribution in [0.25, 0.3) is 0 Å². The lowest BCUT2D eigenvalue weighted by molar-refractivity contribution is -0.139. The third-order valence-corrected chi connectivity index (χ3v) is 5.58. The first kappa shape index (κ1) is 15.6. The number of nitrogens with zero attached hydrogens (tertiary/aromatic N) is 1. The number of hydrogen-bond donors (Lipinski definition) is 1. The standard InChI is InChI=1S/C14H23NO4S/c1-14(6-2-10-20-14)13(18)15-7-3-11(4-8-15)19-9-5-12(16)17/h11H,2-10H2,1H3,(H,16,17). The molecule has 2 heterocycles. The third kappa shape index (κ3) is 3.88. The number of carboxylic acid groups (broad SMARTS) is 1. The van der Waals surface area contributed by atoms with Crippen LogP contribution in [-0.4, -0.2) is 58.2 Å². The van der Waals surface area contributed by atoms with Gasteiger partial charge in [0, 0.05) is 13.1 Å². The van der Waals surface area contributed by atoms with Gasteiger partial charge in [0.2, 0.25) is 5.91 Å². The van der Waals surface area contributed by atoms with Gasteiger partial charge in [0.25, 0.3) is 0 Å².